The van der Waals surface area contributed by atoms with Crippen molar-refractivity contribution in [3.8, 4) is 11.5 Å². The largest absolute Gasteiger partial charge is 0.665 e. The molecule has 0 amide bonds. The quantitative estimate of drug-likeness (QED) is 0.810. The van der Waals surface area contributed by atoms with Gasteiger partial charge in [0, 0.05) is 44.9 Å². The van der Waals surface area contributed by atoms with Crippen LogP contribution in [0.5, 0.6) is 11.5 Å². The molecule has 23 heavy (non-hydrogen) atoms. The molecule has 5 heteroatoms. The standard InChI is InChI=1S/C18H19FNO2.Y/c1-22-16-4-2-3-13(11-16)12-18-17(19)9-10-20(18)14-5-7-15(21)8-6-14;/h2-8,11,17-18,21H,1,9-10,12H2;/q-1;. The van der Waals surface area contributed by atoms with Crippen LogP contribution in [-0.2, 0) is 39.1 Å². The Kier molecular flexibility index (Phi) is 6.43. The van der Waals surface area contributed by atoms with Crippen molar-refractivity contribution in [1.29, 1.82) is 0 Å². The SMILES string of the molecule is [CH2-]Oc1cccc(CC2C(F)CCN2c2ccc(O)cc2)c1.[Y]. The van der Waals surface area contributed by atoms with Gasteiger partial charge in [-0.2, -0.15) is 7.11 Å². The van der Waals surface area contributed by atoms with Gasteiger partial charge in [-0.1, -0.05) is 12.1 Å². The molecule has 0 aliphatic carbocycles. The van der Waals surface area contributed by atoms with Crippen molar-refractivity contribution in [1.82, 2.24) is 0 Å². The van der Waals surface area contributed by atoms with Gasteiger partial charge in [0.25, 0.3) is 0 Å². The van der Waals surface area contributed by atoms with E-state index in [0.717, 1.165) is 11.3 Å². The van der Waals surface area contributed by atoms with Crippen molar-refractivity contribution in [2.75, 3.05) is 11.4 Å². The average molecular weight is 389 g/mol. The Bertz CT molecular complexity index is 635. The summed E-state index contributed by atoms with van der Waals surface area (Å²) < 4.78 is 19.3. The van der Waals surface area contributed by atoms with E-state index in [1.165, 1.54) is 0 Å². The first-order valence-corrected chi connectivity index (χ1v) is 7.38. The molecule has 1 fully saturated rings. The summed E-state index contributed by atoms with van der Waals surface area (Å²) in [5.41, 5.74) is 1.96. The molecule has 3 rings (SSSR count). The molecule has 2 aromatic rings. The van der Waals surface area contributed by atoms with Crippen LogP contribution in [0.4, 0.5) is 10.1 Å². The fraction of sp³-hybridized carbons (Fsp3) is 0.278. The van der Waals surface area contributed by atoms with Crippen LogP contribution in [0.15, 0.2) is 48.5 Å². The predicted molar refractivity (Wildman–Crippen MR) is 84.9 cm³/mol. The van der Waals surface area contributed by atoms with E-state index in [9.17, 15) is 9.50 Å². The fourth-order valence-electron chi connectivity index (χ4n) is 3.02. The maximum Gasteiger partial charge on any atom is 0.122 e. The van der Waals surface area contributed by atoms with Gasteiger partial charge in [0.15, 0.2) is 0 Å². The number of nitrogens with zero attached hydrogens (tertiary/aromatic N) is 1. The zero-order chi connectivity index (χ0) is 15.5. The first-order chi connectivity index (χ1) is 10.7. The maximum atomic E-state index is 14.3. The molecule has 0 aromatic heterocycles. The van der Waals surface area contributed by atoms with Crippen LogP contribution >= 0.6 is 0 Å². The minimum Gasteiger partial charge on any atom is -0.665 e. The number of ether oxygens (including phenoxy) is 1. The molecule has 1 radical (unpaired) electrons. The van der Waals surface area contributed by atoms with Crippen LogP contribution in [0.2, 0.25) is 0 Å². The number of rotatable bonds is 4. The molecule has 1 aliphatic heterocycles. The van der Waals surface area contributed by atoms with Crippen molar-refractivity contribution >= 4 is 5.69 Å². The van der Waals surface area contributed by atoms with E-state index in [2.05, 4.69) is 12.0 Å². The van der Waals surface area contributed by atoms with E-state index in [4.69, 9.17) is 4.74 Å². The molecule has 2 aromatic carbocycles. The number of anilines is 1. The Morgan fingerprint density at radius 1 is 1.22 bits per heavy atom. The van der Waals surface area contributed by atoms with Gasteiger partial charge >= 0.3 is 0 Å². The van der Waals surface area contributed by atoms with Gasteiger partial charge in [0.2, 0.25) is 0 Å². The van der Waals surface area contributed by atoms with Gasteiger partial charge < -0.3 is 14.7 Å². The van der Waals surface area contributed by atoms with Gasteiger partial charge in [-0.3, -0.25) is 0 Å². The number of benzene rings is 2. The zero-order valence-electron chi connectivity index (χ0n) is 12.9. The maximum absolute atomic E-state index is 14.3. The summed E-state index contributed by atoms with van der Waals surface area (Å²) in [7, 11) is 3.41. The van der Waals surface area contributed by atoms with Crippen molar-refractivity contribution in [2.45, 2.75) is 25.1 Å². The van der Waals surface area contributed by atoms with Gasteiger partial charge in [-0.25, -0.2) is 4.39 Å². The fourth-order valence-corrected chi connectivity index (χ4v) is 3.02. The molecular weight excluding hydrogens is 370 g/mol. The van der Waals surface area contributed by atoms with E-state index < -0.39 is 6.17 Å². The Morgan fingerprint density at radius 3 is 2.65 bits per heavy atom. The normalized spacial score (nSPS) is 20.2. The molecule has 3 nitrogen and oxygen atoms in total. The molecule has 0 bridgehead atoms. The monoisotopic (exact) mass is 389 g/mol. The van der Waals surface area contributed by atoms with E-state index in [0.29, 0.717) is 25.1 Å². The summed E-state index contributed by atoms with van der Waals surface area (Å²) in [4.78, 5) is 2.07. The second-order valence-electron chi connectivity index (χ2n) is 5.58. The predicted octanol–water partition coefficient (Wildman–Crippen LogP) is 3.72. The second kappa shape index (κ2) is 8.12. The van der Waals surface area contributed by atoms with Crippen LogP contribution < -0.4 is 9.64 Å². The molecule has 2 atom stereocenters. The Morgan fingerprint density at radius 2 is 1.96 bits per heavy atom. The van der Waals surface area contributed by atoms with Crippen LogP contribution in [0, 0.1) is 7.11 Å². The van der Waals surface area contributed by atoms with E-state index in [1.54, 1.807) is 12.1 Å². The smallest absolute Gasteiger partial charge is 0.122 e. The van der Waals surface area contributed by atoms with Crippen LogP contribution in [0.25, 0.3) is 0 Å². The average Bonchev–Trinajstić information content (AvgIpc) is 2.89. The number of phenolic OH excluding ortho intramolecular Hbond substituents is 1. The topological polar surface area (TPSA) is 32.7 Å². The number of phenols is 1. The summed E-state index contributed by atoms with van der Waals surface area (Å²) in [5.74, 6) is 0.902. The number of hydrogen-bond acceptors (Lipinski definition) is 3. The van der Waals surface area contributed by atoms with Crippen molar-refractivity contribution in [3.63, 3.8) is 0 Å². The van der Waals surface area contributed by atoms with Crippen molar-refractivity contribution in [2.24, 2.45) is 0 Å². The summed E-state index contributed by atoms with van der Waals surface area (Å²) in [6.07, 6.45) is 0.272. The molecule has 1 N–H and O–H groups in total. The van der Waals surface area contributed by atoms with Crippen LogP contribution in [0.1, 0.15) is 12.0 Å². The Balaban J connectivity index is 0.00000192. The number of halogens is 1. The third-order valence-electron chi connectivity index (χ3n) is 4.15. The van der Waals surface area contributed by atoms with Gasteiger partial charge in [0.05, 0.1) is 11.8 Å². The first-order valence-electron chi connectivity index (χ1n) is 7.38. The van der Waals surface area contributed by atoms with Crippen LogP contribution in [-0.4, -0.2) is 23.9 Å². The van der Waals surface area contributed by atoms with Crippen LogP contribution in [0.3, 0.4) is 0 Å². The van der Waals surface area contributed by atoms with Crippen molar-refractivity contribution < 1.29 is 46.9 Å². The second-order valence-corrected chi connectivity index (χ2v) is 5.58. The summed E-state index contributed by atoms with van der Waals surface area (Å²) in [5, 5.41) is 9.40. The molecule has 119 valence electrons. The minimum atomic E-state index is -0.863. The van der Waals surface area contributed by atoms with Gasteiger partial charge in [-0.15, -0.1) is 0 Å². The van der Waals surface area contributed by atoms with E-state index in [-0.39, 0.29) is 44.5 Å². The zero-order valence-corrected chi connectivity index (χ0v) is 15.7. The first kappa shape index (κ1) is 18.2. The summed E-state index contributed by atoms with van der Waals surface area (Å²) >= 11 is 0. The molecule has 2 unspecified atom stereocenters. The third-order valence-corrected chi connectivity index (χ3v) is 4.15. The third kappa shape index (κ3) is 4.24. The molecule has 0 spiro atoms. The van der Waals surface area contributed by atoms with Gasteiger partial charge in [0.1, 0.15) is 11.9 Å². The van der Waals surface area contributed by atoms with Crippen molar-refractivity contribution in [3.05, 3.63) is 61.2 Å². The Labute approximate surface area is 161 Å². The molecule has 1 saturated heterocycles. The van der Waals surface area contributed by atoms with Gasteiger partial charge in [-0.05, 0) is 54.8 Å². The molecule has 0 saturated carbocycles. The molecular formula is C18H19FNO2Y-. The molecule has 1 aliphatic rings. The molecule has 1 heterocycles. The van der Waals surface area contributed by atoms with E-state index in [1.807, 2.05) is 36.4 Å². The number of aromatic hydroxyl groups is 1. The minimum absolute atomic E-state index is 0. The number of hydrogen-bond donors (Lipinski definition) is 1. The number of alkyl halides is 1. The van der Waals surface area contributed by atoms with E-state index >= 15 is 0 Å². The summed E-state index contributed by atoms with van der Waals surface area (Å²) in [6.45, 7) is 0.683. The Hall–Kier alpha value is -1.13. The summed E-state index contributed by atoms with van der Waals surface area (Å²) in [6, 6.07) is 14.3.